The Hall–Kier alpha value is -1.08. The first kappa shape index (κ1) is 11.4. The third-order valence-corrected chi connectivity index (χ3v) is 3.08. The van der Waals surface area contributed by atoms with Gasteiger partial charge in [0.2, 0.25) is 0 Å². The average Bonchev–Trinajstić information content (AvgIpc) is 2.15. The quantitative estimate of drug-likeness (QED) is 0.653. The number of nitrogens with zero attached hydrogens (tertiary/aromatic N) is 1. The molecule has 0 saturated carbocycles. The second-order valence-corrected chi connectivity index (χ2v) is 5.61. The number of aryl methyl sites for hydroxylation is 1. The smallest absolute Gasteiger partial charge is 0.0891 e. The van der Waals surface area contributed by atoms with Crippen molar-refractivity contribution in [2.24, 2.45) is 0 Å². The fourth-order valence-electron chi connectivity index (χ4n) is 2.34. The Labute approximate surface area is 101 Å². The second kappa shape index (κ2) is 3.74. The molecule has 16 heavy (non-hydrogen) atoms. The first-order valence-corrected chi connectivity index (χ1v) is 5.83. The number of fused-ring (bicyclic) bond motifs is 1. The van der Waals surface area contributed by atoms with Crippen LogP contribution in [0.4, 0.5) is 0 Å². The number of hydrogen-bond acceptors (Lipinski definition) is 1. The van der Waals surface area contributed by atoms with Gasteiger partial charge < -0.3 is 0 Å². The predicted molar refractivity (Wildman–Crippen MR) is 70.2 cm³/mol. The van der Waals surface area contributed by atoms with E-state index in [0.29, 0.717) is 0 Å². The van der Waals surface area contributed by atoms with Crippen LogP contribution >= 0.6 is 11.6 Å². The monoisotopic (exact) mass is 233 g/mol. The fourth-order valence-corrected chi connectivity index (χ4v) is 2.65. The molecule has 0 aliphatic carbocycles. The lowest BCUT2D eigenvalue weighted by Gasteiger charge is -2.24. The van der Waals surface area contributed by atoms with Crippen LogP contribution < -0.4 is 0 Å². The summed E-state index contributed by atoms with van der Waals surface area (Å²) in [5.74, 6) is 0. The summed E-state index contributed by atoms with van der Waals surface area (Å²) < 4.78 is 0. The number of halogens is 1. The second-order valence-electron chi connectivity index (χ2n) is 5.20. The largest absolute Gasteiger partial charge is 0.255 e. The van der Waals surface area contributed by atoms with E-state index in [1.165, 1.54) is 16.5 Å². The van der Waals surface area contributed by atoms with E-state index in [0.717, 1.165) is 10.5 Å². The van der Waals surface area contributed by atoms with Gasteiger partial charge in [0.05, 0.1) is 10.5 Å². The normalized spacial score (nSPS) is 12.1. The predicted octanol–water partition coefficient (Wildman–Crippen LogP) is 4.49. The third kappa shape index (κ3) is 1.80. The first-order chi connectivity index (χ1) is 7.41. The number of pyridine rings is 1. The zero-order valence-corrected chi connectivity index (χ0v) is 10.9. The maximum Gasteiger partial charge on any atom is 0.0891 e. The van der Waals surface area contributed by atoms with Crippen molar-refractivity contribution >= 4 is 22.5 Å². The number of aromatic nitrogens is 1. The van der Waals surface area contributed by atoms with E-state index in [2.05, 4.69) is 38.7 Å². The lowest BCUT2D eigenvalue weighted by molar-refractivity contribution is 0.592. The van der Waals surface area contributed by atoms with E-state index in [4.69, 9.17) is 11.6 Å². The minimum Gasteiger partial charge on any atom is -0.255 e. The highest BCUT2D eigenvalue weighted by Gasteiger charge is 2.20. The summed E-state index contributed by atoms with van der Waals surface area (Å²) in [4.78, 5) is 4.36. The van der Waals surface area contributed by atoms with Gasteiger partial charge in [-0.15, -0.1) is 0 Å². The van der Waals surface area contributed by atoms with Crippen LogP contribution in [0.15, 0.2) is 24.4 Å². The molecule has 84 valence electrons. The van der Waals surface area contributed by atoms with Crippen molar-refractivity contribution in [3.8, 4) is 0 Å². The number of hydrogen-bond donors (Lipinski definition) is 0. The molecule has 0 atom stereocenters. The molecule has 1 aromatic carbocycles. The molecular weight excluding hydrogens is 218 g/mol. The highest BCUT2D eigenvalue weighted by molar-refractivity contribution is 6.35. The Morgan fingerprint density at radius 1 is 1.25 bits per heavy atom. The molecule has 0 aliphatic heterocycles. The SMILES string of the molecule is Cc1cc(Cl)c2ncccc2c1C(C)(C)C. The van der Waals surface area contributed by atoms with Crippen molar-refractivity contribution in [2.75, 3.05) is 0 Å². The molecule has 0 radical (unpaired) electrons. The van der Waals surface area contributed by atoms with Gasteiger partial charge in [0.1, 0.15) is 0 Å². The average molecular weight is 234 g/mol. The van der Waals surface area contributed by atoms with Gasteiger partial charge in [-0.1, -0.05) is 38.4 Å². The van der Waals surface area contributed by atoms with Crippen LogP contribution in [0.5, 0.6) is 0 Å². The van der Waals surface area contributed by atoms with E-state index in [1.807, 2.05) is 12.1 Å². The Balaban J connectivity index is 2.93. The molecule has 0 fully saturated rings. The lowest BCUT2D eigenvalue weighted by Crippen LogP contribution is -2.14. The van der Waals surface area contributed by atoms with Gasteiger partial charge in [-0.2, -0.15) is 0 Å². The number of rotatable bonds is 0. The van der Waals surface area contributed by atoms with Crippen molar-refractivity contribution in [1.29, 1.82) is 0 Å². The lowest BCUT2D eigenvalue weighted by atomic mass is 9.81. The first-order valence-electron chi connectivity index (χ1n) is 5.45. The van der Waals surface area contributed by atoms with Gasteiger partial charge in [-0.3, -0.25) is 4.98 Å². The van der Waals surface area contributed by atoms with Crippen molar-refractivity contribution in [3.05, 3.63) is 40.5 Å². The Morgan fingerprint density at radius 2 is 1.94 bits per heavy atom. The maximum absolute atomic E-state index is 6.22. The van der Waals surface area contributed by atoms with Crippen LogP contribution in [-0.2, 0) is 5.41 Å². The van der Waals surface area contributed by atoms with Crippen molar-refractivity contribution in [2.45, 2.75) is 33.1 Å². The van der Waals surface area contributed by atoms with Crippen molar-refractivity contribution < 1.29 is 0 Å². The highest BCUT2D eigenvalue weighted by atomic mass is 35.5. The summed E-state index contributed by atoms with van der Waals surface area (Å²) in [5, 5.41) is 1.90. The molecule has 1 aromatic heterocycles. The minimum atomic E-state index is 0.107. The van der Waals surface area contributed by atoms with Gasteiger partial charge in [0, 0.05) is 11.6 Å². The molecule has 1 heterocycles. The van der Waals surface area contributed by atoms with E-state index in [-0.39, 0.29) is 5.41 Å². The molecule has 0 aliphatic rings. The number of benzene rings is 1. The molecule has 2 aromatic rings. The fraction of sp³-hybridized carbons (Fsp3) is 0.357. The Bertz CT molecular complexity index is 538. The van der Waals surface area contributed by atoms with Crippen LogP contribution in [0.1, 0.15) is 31.9 Å². The standard InChI is InChI=1S/C14H16ClN/c1-9-8-11(15)13-10(6-5-7-16-13)12(9)14(2,3)4/h5-8H,1-4H3. The maximum atomic E-state index is 6.22. The molecule has 0 amide bonds. The highest BCUT2D eigenvalue weighted by Crippen LogP contribution is 2.35. The van der Waals surface area contributed by atoms with Gasteiger partial charge >= 0.3 is 0 Å². The van der Waals surface area contributed by atoms with E-state index >= 15 is 0 Å². The van der Waals surface area contributed by atoms with Crippen LogP contribution in [0.25, 0.3) is 10.9 Å². The zero-order chi connectivity index (χ0) is 11.9. The zero-order valence-electron chi connectivity index (χ0n) is 10.1. The Kier molecular flexibility index (Phi) is 2.67. The molecule has 0 saturated heterocycles. The van der Waals surface area contributed by atoms with Crippen LogP contribution in [-0.4, -0.2) is 4.98 Å². The van der Waals surface area contributed by atoms with E-state index in [1.54, 1.807) is 6.20 Å². The molecule has 2 rings (SSSR count). The summed E-state index contributed by atoms with van der Waals surface area (Å²) in [6, 6.07) is 6.08. The van der Waals surface area contributed by atoms with Crippen LogP contribution in [0.3, 0.4) is 0 Å². The van der Waals surface area contributed by atoms with Gasteiger partial charge in [-0.25, -0.2) is 0 Å². The molecule has 2 heteroatoms. The molecule has 0 bridgehead atoms. The summed E-state index contributed by atoms with van der Waals surface area (Å²) in [6.07, 6.45) is 1.79. The van der Waals surface area contributed by atoms with Gasteiger partial charge in [0.25, 0.3) is 0 Å². The minimum absolute atomic E-state index is 0.107. The summed E-state index contributed by atoms with van der Waals surface area (Å²) in [6.45, 7) is 8.76. The van der Waals surface area contributed by atoms with Crippen LogP contribution in [0.2, 0.25) is 5.02 Å². The Morgan fingerprint density at radius 3 is 2.56 bits per heavy atom. The molecule has 0 N–H and O–H groups in total. The van der Waals surface area contributed by atoms with Gasteiger partial charge in [-0.05, 0) is 35.6 Å². The van der Waals surface area contributed by atoms with E-state index < -0.39 is 0 Å². The summed E-state index contributed by atoms with van der Waals surface area (Å²) in [7, 11) is 0. The summed E-state index contributed by atoms with van der Waals surface area (Å²) >= 11 is 6.22. The molecule has 0 spiro atoms. The topological polar surface area (TPSA) is 12.9 Å². The summed E-state index contributed by atoms with van der Waals surface area (Å²) in [5.41, 5.74) is 3.58. The van der Waals surface area contributed by atoms with Crippen molar-refractivity contribution in [1.82, 2.24) is 4.98 Å². The third-order valence-electron chi connectivity index (χ3n) is 2.79. The molecular formula is C14H16ClN. The van der Waals surface area contributed by atoms with Crippen LogP contribution in [0, 0.1) is 6.92 Å². The molecule has 1 nitrogen and oxygen atoms in total. The van der Waals surface area contributed by atoms with Gasteiger partial charge in [0.15, 0.2) is 0 Å². The van der Waals surface area contributed by atoms with E-state index in [9.17, 15) is 0 Å². The molecule has 0 unspecified atom stereocenters. The van der Waals surface area contributed by atoms with Crippen molar-refractivity contribution in [3.63, 3.8) is 0 Å².